The Kier molecular flexibility index (Phi) is 3.88. The van der Waals surface area contributed by atoms with Gasteiger partial charge in [0.2, 0.25) is 5.89 Å². The van der Waals surface area contributed by atoms with Crippen molar-refractivity contribution in [3.63, 3.8) is 0 Å². The molecule has 0 aliphatic heterocycles. The summed E-state index contributed by atoms with van der Waals surface area (Å²) in [5, 5.41) is 7.34. The van der Waals surface area contributed by atoms with Crippen LogP contribution in [0.5, 0.6) is 0 Å². The highest BCUT2D eigenvalue weighted by Crippen LogP contribution is 2.37. The second-order valence-corrected chi connectivity index (χ2v) is 6.10. The number of benzene rings is 1. The summed E-state index contributed by atoms with van der Waals surface area (Å²) in [6.45, 7) is 1.79. The first-order valence-electron chi connectivity index (χ1n) is 7.17. The third kappa shape index (κ3) is 2.84. The molecule has 0 spiro atoms. The molecule has 0 saturated heterocycles. The van der Waals surface area contributed by atoms with E-state index in [2.05, 4.69) is 15.5 Å². The minimum atomic E-state index is -0.471. The lowest BCUT2D eigenvalue weighted by Crippen LogP contribution is -2.44. The van der Waals surface area contributed by atoms with Gasteiger partial charge < -0.3 is 15.6 Å². The van der Waals surface area contributed by atoms with E-state index in [-0.39, 0.29) is 5.91 Å². The Bertz CT molecular complexity index is 679. The third-order valence-corrected chi connectivity index (χ3v) is 4.21. The van der Waals surface area contributed by atoms with Gasteiger partial charge in [0.15, 0.2) is 5.82 Å². The number of rotatable bonds is 4. The number of aromatic nitrogens is 2. The molecule has 1 aliphatic rings. The van der Waals surface area contributed by atoms with Crippen LogP contribution in [0.25, 0.3) is 0 Å². The Labute approximate surface area is 133 Å². The number of amides is 1. The van der Waals surface area contributed by atoms with Crippen LogP contribution in [0.1, 0.15) is 54.3 Å². The van der Waals surface area contributed by atoms with E-state index < -0.39 is 11.6 Å². The van der Waals surface area contributed by atoms with Gasteiger partial charge in [-0.15, -0.1) is 0 Å². The van der Waals surface area contributed by atoms with Gasteiger partial charge in [0.1, 0.15) is 6.04 Å². The molecule has 1 aliphatic carbocycles. The Balaban J connectivity index is 1.68. The topological polar surface area (TPSA) is 94.0 Å². The van der Waals surface area contributed by atoms with Crippen LogP contribution in [0, 0.1) is 0 Å². The minimum Gasteiger partial charge on any atom is -0.341 e. The number of nitrogens with two attached hydrogens (primary N) is 1. The number of halogens is 1. The van der Waals surface area contributed by atoms with Crippen molar-refractivity contribution < 1.29 is 9.32 Å². The Hall–Kier alpha value is -1.92. The summed E-state index contributed by atoms with van der Waals surface area (Å²) in [7, 11) is 0. The molecule has 2 aromatic rings. The van der Waals surface area contributed by atoms with Gasteiger partial charge in [-0.3, -0.25) is 4.79 Å². The SMILES string of the molecule is CC(NC(=O)c1ccc(Cl)cc1)c1nc(C2(N)CCC2)no1. The predicted octanol–water partition coefficient (Wildman–Crippen LogP) is 2.55. The molecule has 1 heterocycles. The van der Waals surface area contributed by atoms with Crippen LogP contribution >= 0.6 is 11.6 Å². The second-order valence-electron chi connectivity index (χ2n) is 5.67. The van der Waals surface area contributed by atoms with Crippen LogP contribution in [0.3, 0.4) is 0 Å². The standard InChI is InChI=1S/C15H17ClN4O2/c1-9(18-12(21)10-3-5-11(16)6-4-10)13-19-14(20-22-13)15(17)7-2-8-15/h3-6,9H,2,7-8,17H2,1H3,(H,18,21). The molecule has 0 bridgehead atoms. The summed E-state index contributed by atoms with van der Waals surface area (Å²) >= 11 is 5.81. The summed E-state index contributed by atoms with van der Waals surface area (Å²) in [6, 6.07) is 6.26. The zero-order valence-electron chi connectivity index (χ0n) is 12.2. The Morgan fingerprint density at radius 2 is 2.09 bits per heavy atom. The van der Waals surface area contributed by atoms with E-state index in [1.807, 2.05) is 0 Å². The number of nitrogens with zero attached hydrogens (tertiary/aromatic N) is 2. The van der Waals surface area contributed by atoms with Crippen molar-refractivity contribution >= 4 is 17.5 Å². The molecule has 1 amide bonds. The van der Waals surface area contributed by atoms with Gasteiger partial charge in [0.25, 0.3) is 5.91 Å². The number of hydrogen-bond donors (Lipinski definition) is 2. The second kappa shape index (κ2) is 5.70. The molecule has 1 aromatic carbocycles. The van der Waals surface area contributed by atoms with E-state index in [0.717, 1.165) is 19.3 Å². The number of carbonyl (C=O) groups is 1. The zero-order valence-corrected chi connectivity index (χ0v) is 12.9. The lowest BCUT2D eigenvalue weighted by atomic mass is 9.77. The van der Waals surface area contributed by atoms with Gasteiger partial charge in [0, 0.05) is 10.6 Å². The molecule has 6 nitrogen and oxygen atoms in total. The van der Waals surface area contributed by atoms with E-state index in [1.165, 1.54) is 0 Å². The van der Waals surface area contributed by atoms with Crippen molar-refractivity contribution in [3.05, 3.63) is 46.6 Å². The van der Waals surface area contributed by atoms with Gasteiger partial charge in [-0.05, 0) is 50.5 Å². The fourth-order valence-corrected chi connectivity index (χ4v) is 2.46. The van der Waals surface area contributed by atoms with Crippen molar-refractivity contribution in [2.45, 2.75) is 37.8 Å². The average molecular weight is 321 g/mol. The molecule has 7 heteroatoms. The summed E-state index contributed by atoms with van der Waals surface area (Å²) in [6.07, 6.45) is 2.79. The van der Waals surface area contributed by atoms with Crippen molar-refractivity contribution in [1.29, 1.82) is 0 Å². The predicted molar refractivity (Wildman–Crippen MR) is 81.3 cm³/mol. The summed E-state index contributed by atoms with van der Waals surface area (Å²) in [4.78, 5) is 16.5. The molecule has 3 rings (SSSR count). The first-order chi connectivity index (χ1) is 10.5. The monoisotopic (exact) mass is 320 g/mol. The van der Waals surface area contributed by atoms with E-state index in [9.17, 15) is 4.79 Å². The number of nitrogens with one attached hydrogen (secondary N) is 1. The molecule has 1 unspecified atom stereocenters. The van der Waals surface area contributed by atoms with Crippen molar-refractivity contribution in [3.8, 4) is 0 Å². The fourth-order valence-electron chi connectivity index (χ4n) is 2.34. The van der Waals surface area contributed by atoms with Crippen molar-refractivity contribution in [1.82, 2.24) is 15.5 Å². The van der Waals surface area contributed by atoms with Crippen LogP contribution in [0.4, 0.5) is 0 Å². The van der Waals surface area contributed by atoms with E-state index in [0.29, 0.717) is 22.3 Å². The Morgan fingerprint density at radius 3 is 2.68 bits per heavy atom. The van der Waals surface area contributed by atoms with Gasteiger partial charge in [-0.2, -0.15) is 4.98 Å². The van der Waals surface area contributed by atoms with Gasteiger partial charge in [-0.1, -0.05) is 16.8 Å². The molecule has 1 atom stereocenters. The van der Waals surface area contributed by atoms with Crippen LogP contribution in [0.15, 0.2) is 28.8 Å². The normalized spacial score (nSPS) is 17.6. The van der Waals surface area contributed by atoms with E-state index in [1.54, 1.807) is 31.2 Å². The first-order valence-corrected chi connectivity index (χ1v) is 7.55. The number of hydrogen-bond acceptors (Lipinski definition) is 5. The molecular formula is C15H17ClN4O2. The van der Waals surface area contributed by atoms with E-state index >= 15 is 0 Å². The quantitative estimate of drug-likeness (QED) is 0.902. The molecule has 116 valence electrons. The van der Waals surface area contributed by atoms with Gasteiger partial charge in [-0.25, -0.2) is 0 Å². The fraction of sp³-hybridized carbons (Fsp3) is 0.400. The smallest absolute Gasteiger partial charge is 0.251 e. The van der Waals surface area contributed by atoms with Crippen LogP contribution < -0.4 is 11.1 Å². The molecular weight excluding hydrogens is 304 g/mol. The lowest BCUT2D eigenvalue weighted by molar-refractivity contribution is 0.0932. The van der Waals surface area contributed by atoms with Gasteiger partial charge in [0.05, 0.1) is 5.54 Å². The highest BCUT2D eigenvalue weighted by atomic mass is 35.5. The van der Waals surface area contributed by atoms with Crippen LogP contribution in [-0.4, -0.2) is 16.0 Å². The maximum absolute atomic E-state index is 12.1. The Morgan fingerprint density at radius 1 is 1.41 bits per heavy atom. The highest BCUT2D eigenvalue weighted by molar-refractivity contribution is 6.30. The van der Waals surface area contributed by atoms with E-state index in [4.69, 9.17) is 21.9 Å². The van der Waals surface area contributed by atoms with Gasteiger partial charge >= 0.3 is 0 Å². The van der Waals surface area contributed by atoms with Crippen molar-refractivity contribution in [2.24, 2.45) is 5.73 Å². The zero-order chi connectivity index (χ0) is 15.7. The first kappa shape index (κ1) is 15.0. The summed E-state index contributed by atoms with van der Waals surface area (Å²) in [5.41, 5.74) is 6.21. The van der Waals surface area contributed by atoms with Crippen LogP contribution in [-0.2, 0) is 5.54 Å². The molecule has 1 saturated carbocycles. The minimum absolute atomic E-state index is 0.227. The maximum Gasteiger partial charge on any atom is 0.251 e. The molecule has 1 aromatic heterocycles. The van der Waals surface area contributed by atoms with Crippen molar-refractivity contribution in [2.75, 3.05) is 0 Å². The molecule has 22 heavy (non-hydrogen) atoms. The largest absolute Gasteiger partial charge is 0.341 e. The third-order valence-electron chi connectivity index (χ3n) is 3.96. The van der Waals surface area contributed by atoms with Crippen LogP contribution in [0.2, 0.25) is 5.02 Å². The number of carbonyl (C=O) groups excluding carboxylic acids is 1. The lowest BCUT2D eigenvalue weighted by Gasteiger charge is -2.34. The maximum atomic E-state index is 12.1. The highest BCUT2D eigenvalue weighted by Gasteiger charge is 2.39. The summed E-state index contributed by atoms with van der Waals surface area (Å²) in [5.74, 6) is 0.644. The molecule has 0 radical (unpaired) electrons. The summed E-state index contributed by atoms with van der Waals surface area (Å²) < 4.78 is 5.23. The molecule has 3 N–H and O–H groups in total. The average Bonchev–Trinajstić information content (AvgIpc) is 2.95. The molecule has 1 fully saturated rings.